The van der Waals surface area contributed by atoms with Crippen molar-refractivity contribution < 1.29 is 4.79 Å². The molecule has 88 valence electrons. The van der Waals surface area contributed by atoms with Gasteiger partial charge < -0.3 is 11.1 Å². The summed E-state index contributed by atoms with van der Waals surface area (Å²) in [5, 5.41) is 3.55. The highest BCUT2D eigenvalue weighted by atomic mass is 16.1. The molecule has 0 bridgehead atoms. The molecule has 1 amide bonds. The normalized spacial score (nSPS) is 19.7. The molecule has 1 aliphatic heterocycles. The van der Waals surface area contributed by atoms with Crippen molar-refractivity contribution in [1.29, 1.82) is 0 Å². The van der Waals surface area contributed by atoms with Crippen LogP contribution in [-0.2, 0) is 4.79 Å². The first-order chi connectivity index (χ1) is 7.08. The van der Waals surface area contributed by atoms with Gasteiger partial charge in [-0.1, -0.05) is 13.8 Å². The van der Waals surface area contributed by atoms with E-state index in [1.807, 2.05) is 0 Å². The predicted molar refractivity (Wildman–Crippen MR) is 61.5 cm³/mol. The molecule has 0 aromatic carbocycles. The van der Waals surface area contributed by atoms with Crippen molar-refractivity contribution in [2.75, 3.05) is 26.2 Å². The predicted octanol–water partition coefficient (Wildman–Crippen LogP) is 0.182. The molecular weight excluding hydrogens is 190 g/mol. The van der Waals surface area contributed by atoms with Crippen molar-refractivity contribution in [3.63, 3.8) is 0 Å². The number of rotatable bonds is 5. The molecule has 15 heavy (non-hydrogen) atoms. The fraction of sp³-hybridized carbons (Fsp3) is 0.909. The molecule has 0 radical (unpaired) electrons. The summed E-state index contributed by atoms with van der Waals surface area (Å²) in [6.45, 7) is 7.90. The molecule has 0 atom stereocenters. The molecule has 1 heterocycles. The summed E-state index contributed by atoms with van der Waals surface area (Å²) in [7, 11) is 0. The van der Waals surface area contributed by atoms with Crippen molar-refractivity contribution in [1.82, 2.24) is 10.2 Å². The minimum absolute atomic E-state index is 0.219. The van der Waals surface area contributed by atoms with Crippen molar-refractivity contribution in [2.24, 2.45) is 11.7 Å². The lowest BCUT2D eigenvalue weighted by molar-refractivity contribution is -0.119. The summed E-state index contributed by atoms with van der Waals surface area (Å²) in [4.78, 5) is 12.9. The van der Waals surface area contributed by atoms with Crippen molar-refractivity contribution >= 4 is 5.91 Å². The van der Waals surface area contributed by atoms with Crippen molar-refractivity contribution in [3.05, 3.63) is 0 Å². The molecule has 3 N–H and O–H groups in total. The molecule has 1 rings (SSSR count). The Morgan fingerprint density at radius 2 is 2.07 bits per heavy atom. The lowest BCUT2D eigenvalue weighted by Crippen LogP contribution is -2.45. The molecular formula is C11H23N3O. The van der Waals surface area contributed by atoms with Gasteiger partial charge in [0.2, 0.25) is 5.91 Å². The van der Waals surface area contributed by atoms with Crippen LogP contribution in [0.3, 0.4) is 0 Å². The summed E-state index contributed by atoms with van der Waals surface area (Å²) in [6.07, 6.45) is 2.25. The summed E-state index contributed by atoms with van der Waals surface area (Å²) in [6, 6.07) is 0.622. The second-order valence-corrected chi connectivity index (χ2v) is 4.82. The maximum absolute atomic E-state index is 10.7. The Labute approximate surface area is 92.2 Å². The minimum atomic E-state index is -0.219. The van der Waals surface area contributed by atoms with Gasteiger partial charge >= 0.3 is 0 Å². The van der Waals surface area contributed by atoms with E-state index in [4.69, 9.17) is 5.73 Å². The number of nitrogens with one attached hydrogen (secondary N) is 1. The molecule has 0 unspecified atom stereocenters. The first-order valence-electron chi connectivity index (χ1n) is 5.82. The Balaban J connectivity index is 2.15. The van der Waals surface area contributed by atoms with Crippen LogP contribution in [0.25, 0.3) is 0 Å². The number of piperidine rings is 1. The minimum Gasteiger partial charge on any atom is -0.369 e. The maximum Gasteiger partial charge on any atom is 0.231 e. The Morgan fingerprint density at radius 1 is 1.47 bits per heavy atom. The summed E-state index contributed by atoms with van der Waals surface area (Å²) in [5.41, 5.74) is 5.16. The lowest BCUT2D eigenvalue weighted by atomic mass is 10.0. The first kappa shape index (κ1) is 12.5. The number of carbonyl (C=O) groups excluding carboxylic acids is 1. The van der Waals surface area contributed by atoms with Gasteiger partial charge in [0.1, 0.15) is 0 Å². The van der Waals surface area contributed by atoms with E-state index >= 15 is 0 Å². The average molecular weight is 213 g/mol. The molecule has 1 saturated heterocycles. The van der Waals surface area contributed by atoms with E-state index in [2.05, 4.69) is 24.1 Å². The van der Waals surface area contributed by atoms with Crippen LogP contribution in [-0.4, -0.2) is 43.0 Å². The summed E-state index contributed by atoms with van der Waals surface area (Å²) < 4.78 is 0. The van der Waals surface area contributed by atoms with Gasteiger partial charge in [-0.3, -0.25) is 9.69 Å². The fourth-order valence-electron chi connectivity index (χ4n) is 1.92. The molecule has 0 aliphatic carbocycles. The van der Waals surface area contributed by atoms with Crippen LogP contribution in [0.1, 0.15) is 26.7 Å². The topological polar surface area (TPSA) is 58.4 Å². The van der Waals surface area contributed by atoms with Gasteiger partial charge in [0.05, 0.1) is 6.54 Å². The van der Waals surface area contributed by atoms with Gasteiger partial charge in [-0.25, -0.2) is 0 Å². The zero-order chi connectivity index (χ0) is 11.3. The number of primary amides is 1. The number of hydrogen-bond acceptors (Lipinski definition) is 3. The quantitative estimate of drug-likeness (QED) is 0.685. The monoisotopic (exact) mass is 213 g/mol. The number of likely N-dealkylation sites (tertiary alicyclic amines) is 1. The zero-order valence-electron chi connectivity index (χ0n) is 9.83. The Hall–Kier alpha value is -0.610. The molecule has 4 nitrogen and oxygen atoms in total. The van der Waals surface area contributed by atoms with E-state index in [-0.39, 0.29) is 5.91 Å². The largest absolute Gasteiger partial charge is 0.369 e. The van der Waals surface area contributed by atoms with Gasteiger partial charge in [-0.15, -0.1) is 0 Å². The van der Waals surface area contributed by atoms with Crippen LogP contribution < -0.4 is 11.1 Å². The molecule has 1 aliphatic rings. The number of hydrogen-bond donors (Lipinski definition) is 2. The van der Waals surface area contributed by atoms with E-state index in [9.17, 15) is 4.79 Å². The van der Waals surface area contributed by atoms with Crippen LogP contribution in [0, 0.1) is 5.92 Å². The molecule has 0 spiro atoms. The van der Waals surface area contributed by atoms with Crippen LogP contribution in [0.5, 0.6) is 0 Å². The van der Waals surface area contributed by atoms with Crippen LogP contribution in [0.4, 0.5) is 0 Å². The average Bonchev–Trinajstić information content (AvgIpc) is 2.16. The number of amides is 1. The van der Waals surface area contributed by atoms with E-state index in [1.54, 1.807) is 0 Å². The Bertz CT molecular complexity index is 198. The molecule has 0 aromatic heterocycles. The molecule has 0 aromatic rings. The van der Waals surface area contributed by atoms with Crippen LogP contribution in [0.2, 0.25) is 0 Å². The van der Waals surface area contributed by atoms with Gasteiger partial charge in [0.15, 0.2) is 0 Å². The number of carbonyl (C=O) groups is 1. The smallest absolute Gasteiger partial charge is 0.231 e. The van der Waals surface area contributed by atoms with E-state index in [0.717, 1.165) is 32.5 Å². The summed E-state index contributed by atoms with van der Waals surface area (Å²) in [5.74, 6) is 0.484. The fourth-order valence-corrected chi connectivity index (χ4v) is 1.92. The number of nitrogens with two attached hydrogens (primary N) is 1. The van der Waals surface area contributed by atoms with E-state index < -0.39 is 0 Å². The Morgan fingerprint density at radius 3 is 2.53 bits per heavy atom. The van der Waals surface area contributed by atoms with E-state index in [1.165, 1.54) is 0 Å². The lowest BCUT2D eigenvalue weighted by Gasteiger charge is -2.31. The summed E-state index contributed by atoms with van der Waals surface area (Å²) >= 11 is 0. The standard InChI is InChI=1S/C11H23N3O/c1-9(2)7-13-10-3-5-14(6-4-10)8-11(12)15/h9-10,13H,3-8H2,1-2H3,(H2,12,15). The SMILES string of the molecule is CC(C)CNC1CCN(CC(N)=O)CC1. The van der Waals surface area contributed by atoms with Gasteiger partial charge in [0, 0.05) is 19.1 Å². The number of nitrogens with zero attached hydrogens (tertiary/aromatic N) is 1. The molecule has 0 saturated carbocycles. The van der Waals surface area contributed by atoms with Crippen molar-refractivity contribution in [2.45, 2.75) is 32.7 Å². The van der Waals surface area contributed by atoms with Gasteiger partial charge in [-0.05, 0) is 25.3 Å². The second-order valence-electron chi connectivity index (χ2n) is 4.82. The third-order valence-corrected chi connectivity index (χ3v) is 2.78. The van der Waals surface area contributed by atoms with Gasteiger partial charge in [-0.2, -0.15) is 0 Å². The highest BCUT2D eigenvalue weighted by Gasteiger charge is 2.19. The maximum atomic E-state index is 10.7. The van der Waals surface area contributed by atoms with Crippen molar-refractivity contribution in [3.8, 4) is 0 Å². The first-order valence-corrected chi connectivity index (χ1v) is 5.82. The van der Waals surface area contributed by atoms with E-state index in [0.29, 0.717) is 18.5 Å². The third-order valence-electron chi connectivity index (χ3n) is 2.78. The highest BCUT2D eigenvalue weighted by molar-refractivity contribution is 5.75. The van der Waals surface area contributed by atoms with Gasteiger partial charge in [0.25, 0.3) is 0 Å². The zero-order valence-corrected chi connectivity index (χ0v) is 9.83. The Kier molecular flexibility index (Phi) is 5.05. The third kappa shape index (κ3) is 5.14. The van der Waals surface area contributed by atoms with Crippen LogP contribution in [0.15, 0.2) is 0 Å². The van der Waals surface area contributed by atoms with Crippen LogP contribution >= 0.6 is 0 Å². The molecule has 1 fully saturated rings. The second kappa shape index (κ2) is 6.08. The highest BCUT2D eigenvalue weighted by Crippen LogP contribution is 2.09. The molecule has 4 heteroatoms.